The van der Waals surface area contributed by atoms with Crippen LogP contribution in [0.1, 0.15) is 18.9 Å². The molecule has 3 nitrogen and oxygen atoms in total. The van der Waals surface area contributed by atoms with Gasteiger partial charge in [-0.15, -0.1) is 11.8 Å². The van der Waals surface area contributed by atoms with E-state index in [4.69, 9.17) is 16.3 Å². The summed E-state index contributed by atoms with van der Waals surface area (Å²) in [5.41, 5.74) is 1.77. The first-order valence-corrected chi connectivity index (χ1v) is 8.67. The number of carbonyl (C=O) groups excluding carboxylic acids is 1. The highest BCUT2D eigenvalue weighted by molar-refractivity contribution is 8.00. The topological polar surface area (TPSA) is 38.3 Å². The zero-order valence-electron chi connectivity index (χ0n) is 13.4. The van der Waals surface area contributed by atoms with E-state index in [2.05, 4.69) is 5.32 Å². The van der Waals surface area contributed by atoms with Crippen molar-refractivity contribution in [2.45, 2.75) is 30.4 Å². The largest absolute Gasteiger partial charge is 0.495 e. The fourth-order valence-electron chi connectivity index (χ4n) is 2.13. The number of methoxy groups -OCH3 is 1. The van der Waals surface area contributed by atoms with Gasteiger partial charge in [0.2, 0.25) is 5.91 Å². The Kier molecular flexibility index (Phi) is 6.37. The predicted molar refractivity (Wildman–Crippen MR) is 97.7 cm³/mol. The lowest BCUT2D eigenvalue weighted by atomic mass is 10.2. The van der Waals surface area contributed by atoms with Gasteiger partial charge in [0, 0.05) is 9.92 Å². The summed E-state index contributed by atoms with van der Waals surface area (Å²) in [7, 11) is 1.60. The summed E-state index contributed by atoms with van der Waals surface area (Å²) in [5, 5.41) is 3.49. The van der Waals surface area contributed by atoms with Crippen molar-refractivity contribution in [3.8, 4) is 5.75 Å². The maximum absolute atomic E-state index is 12.6. The van der Waals surface area contributed by atoms with Crippen molar-refractivity contribution in [2.24, 2.45) is 0 Å². The molecule has 0 aliphatic carbocycles. The van der Waals surface area contributed by atoms with Gasteiger partial charge in [-0.05, 0) is 55.3 Å². The first-order chi connectivity index (χ1) is 11.0. The highest BCUT2D eigenvalue weighted by atomic mass is 35.5. The molecule has 0 aromatic heterocycles. The van der Waals surface area contributed by atoms with Crippen molar-refractivity contribution in [3.05, 3.63) is 53.1 Å². The third-order valence-electron chi connectivity index (χ3n) is 3.37. The summed E-state index contributed by atoms with van der Waals surface area (Å²) in [6, 6.07) is 13.2. The quantitative estimate of drug-likeness (QED) is 0.731. The number of benzene rings is 2. The zero-order chi connectivity index (χ0) is 16.8. The van der Waals surface area contributed by atoms with Crippen molar-refractivity contribution >= 4 is 35.0 Å². The van der Waals surface area contributed by atoms with Crippen molar-refractivity contribution in [3.63, 3.8) is 0 Å². The number of carbonyl (C=O) groups is 1. The Bertz CT molecular complexity index is 673. The molecule has 0 unspecified atom stereocenters. The Labute approximate surface area is 146 Å². The summed E-state index contributed by atoms with van der Waals surface area (Å²) in [5.74, 6) is 0.631. The molecule has 2 aromatic carbocycles. The average molecular weight is 350 g/mol. The van der Waals surface area contributed by atoms with Gasteiger partial charge in [0.25, 0.3) is 0 Å². The van der Waals surface area contributed by atoms with Crippen LogP contribution in [0.25, 0.3) is 0 Å². The summed E-state index contributed by atoms with van der Waals surface area (Å²) in [4.78, 5) is 13.6. The van der Waals surface area contributed by atoms with Crippen LogP contribution in [-0.4, -0.2) is 18.3 Å². The fourth-order valence-corrected chi connectivity index (χ4v) is 3.21. The van der Waals surface area contributed by atoms with E-state index in [1.807, 2.05) is 56.3 Å². The lowest BCUT2D eigenvalue weighted by molar-refractivity contribution is -0.115. The maximum Gasteiger partial charge on any atom is 0.237 e. The van der Waals surface area contributed by atoms with Crippen molar-refractivity contribution < 1.29 is 9.53 Å². The van der Waals surface area contributed by atoms with Crippen LogP contribution < -0.4 is 10.1 Å². The van der Waals surface area contributed by atoms with Crippen LogP contribution in [-0.2, 0) is 4.79 Å². The number of rotatable bonds is 6. The number of thioether (sulfide) groups is 1. The summed E-state index contributed by atoms with van der Waals surface area (Å²) >= 11 is 7.43. The van der Waals surface area contributed by atoms with E-state index in [0.29, 0.717) is 16.5 Å². The molecule has 0 saturated carbocycles. The van der Waals surface area contributed by atoms with Gasteiger partial charge in [-0.25, -0.2) is 0 Å². The normalized spacial score (nSPS) is 11.8. The van der Waals surface area contributed by atoms with Gasteiger partial charge in [0.15, 0.2) is 0 Å². The van der Waals surface area contributed by atoms with Crippen LogP contribution in [0.2, 0.25) is 5.02 Å². The van der Waals surface area contributed by atoms with E-state index in [9.17, 15) is 4.79 Å². The second kappa shape index (κ2) is 8.27. The SMILES string of the molecule is CC[C@H](Sc1ccc(Cl)cc1)C(=O)Nc1cc(C)ccc1OC. The maximum atomic E-state index is 12.6. The van der Waals surface area contributed by atoms with Gasteiger partial charge < -0.3 is 10.1 Å². The predicted octanol–water partition coefficient (Wildman–Crippen LogP) is 5.17. The van der Waals surface area contributed by atoms with E-state index in [1.165, 1.54) is 11.8 Å². The second-order valence-electron chi connectivity index (χ2n) is 5.16. The number of aryl methyl sites for hydroxylation is 1. The monoisotopic (exact) mass is 349 g/mol. The summed E-state index contributed by atoms with van der Waals surface area (Å²) < 4.78 is 5.31. The van der Waals surface area contributed by atoms with Crippen LogP contribution in [0, 0.1) is 6.92 Å². The average Bonchev–Trinajstić information content (AvgIpc) is 2.54. The fraction of sp³-hybridized carbons (Fsp3) is 0.278. The standard InChI is InChI=1S/C18H20ClNO2S/c1-4-17(23-14-8-6-13(19)7-9-14)18(21)20-15-11-12(2)5-10-16(15)22-3/h5-11,17H,4H2,1-3H3,(H,20,21)/t17-/m0/s1. The van der Waals surface area contributed by atoms with Gasteiger partial charge >= 0.3 is 0 Å². The highest BCUT2D eigenvalue weighted by Gasteiger charge is 2.19. The minimum atomic E-state index is -0.179. The third-order valence-corrected chi connectivity index (χ3v) is 5.00. The Hall–Kier alpha value is -1.65. The molecule has 0 saturated heterocycles. The minimum absolute atomic E-state index is 0.0312. The van der Waals surface area contributed by atoms with E-state index in [-0.39, 0.29) is 11.2 Å². The smallest absolute Gasteiger partial charge is 0.237 e. The number of ether oxygens (including phenoxy) is 1. The molecule has 0 heterocycles. The number of nitrogens with one attached hydrogen (secondary N) is 1. The van der Waals surface area contributed by atoms with Crippen LogP contribution >= 0.6 is 23.4 Å². The first-order valence-electron chi connectivity index (χ1n) is 7.41. The van der Waals surface area contributed by atoms with Crippen LogP contribution in [0.3, 0.4) is 0 Å². The molecule has 2 rings (SSSR count). The molecule has 2 aromatic rings. The lowest BCUT2D eigenvalue weighted by Gasteiger charge is -2.16. The molecule has 0 radical (unpaired) electrons. The molecule has 1 atom stereocenters. The highest BCUT2D eigenvalue weighted by Crippen LogP contribution is 2.30. The van der Waals surface area contributed by atoms with Crippen LogP contribution in [0.5, 0.6) is 5.75 Å². The molecule has 5 heteroatoms. The van der Waals surface area contributed by atoms with Crippen LogP contribution in [0.15, 0.2) is 47.4 Å². The Balaban J connectivity index is 2.11. The van der Waals surface area contributed by atoms with E-state index in [0.717, 1.165) is 16.9 Å². The Morgan fingerprint density at radius 2 is 1.96 bits per heavy atom. The second-order valence-corrected chi connectivity index (χ2v) is 6.87. The molecule has 1 N–H and O–H groups in total. The molecule has 0 aliphatic heterocycles. The number of hydrogen-bond acceptors (Lipinski definition) is 3. The van der Waals surface area contributed by atoms with Gasteiger partial charge in [-0.3, -0.25) is 4.79 Å². The van der Waals surface area contributed by atoms with Gasteiger partial charge in [-0.2, -0.15) is 0 Å². The first kappa shape index (κ1) is 17.7. The third kappa shape index (κ3) is 4.91. The molecule has 0 aliphatic rings. The summed E-state index contributed by atoms with van der Waals surface area (Å²) in [6.07, 6.45) is 0.729. The molecular weight excluding hydrogens is 330 g/mol. The van der Waals surface area contributed by atoms with E-state index < -0.39 is 0 Å². The van der Waals surface area contributed by atoms with Gasteiger partial charge in [0.05, 0.1) is 18.0 Å². The molecule has 23 heavy (non-hydrogen) atoms. The number of halogens is 1. The van der Waals surface area contributed by atoms with E-state index in [1.54, 1.807) is 7.11 Å². The molecule has 1 amide bonds. The minimum Gasteiger partial charge on any atom is -0.495 e. The van der Waals surface area contributed by atoms with Crippen LogP contribution in [0.4, 0.5) is 5.69 Å². The molecule has 0 bridgehead atoms. The van der Waals surface area contributed by atoms with E-state index >= 15 is 0 Å². The Morgan fingerprint density at radius 3 is 2.57 bits per heavy atom. The van der Waals surface area contributed by atoms with Crippen molar-refractivity contribution in [1.82, 2.24) is 0 Å². The van der Waals surface area contributed by atoms with Crippen molar-refractivity contribution in [2.75, 3.05) is 12.4 Å². The summed E-state index contributed by atoms with van der Waals surface area (Å²) in [6.45, 7) is 3.98. The van der Waals surface area contributed by atoms with Gasteiger partial charge in [0.1, 0.15) is 5.75 Å². The van der Waals surface area contributed by atoms with Crippen molar-refractivity contribution in [1.29, 1.82) is 0 Å². The number of anilines is 1. The number of amides is 1. The lowest BCUT2D eigenvalue weighted by Crippen LogP contribution is -2.24. The number of hydrogen-bond donors (Lipinski definition) is 1. The Morgan fingerprint density at radius 1 is 1.26 bits per heavy atom. The molecule has 0 spiro atoms. The molecule has 0 fully saturated rings. The molecular formula is C18H20ClNO2S. The zero-order valence-corrected chi connectivity index (χ0v) is 15.0. The van der Waals surface area contributed by atoms with Gasteiger partial charge in [-0.1, -0.05) is 24.6 Å². The molecule has 122 valence electrons.